The van der Waals surface area contributed by atoms with Crippen LogP contribution in [0.3, 0.4) is 0 Å². The molecule has 0 radical (unpaired) electrons. The lowest BCUT2D eigenvalue weighted by molar-refractivity contribution is -0.138. The molecule has 2 rings (SSSR count). The average molecular weight is 294 g/mol. The molecule has 2 amide bonds. The summed E-state index contributed by atoms with van der Waals surface area (Å²) < 4.78 is 13.3. The summed E-state index contributed by atoms with van der Waals surface area (Å²) in [6, 6.07) is 5.21. The first kappa shape index (κ1) is 15.3. The monoisotopic (exact) mass is 294 g/mol. The van der Waals surface area contributed by atoms with Crippen molar-refractivity contribution in [1.82, 2.24) is 4.90 Å². The summed E-state index contributed by atoms with van der Waals surface area (Å²) in [6.07, 6.45) is 2.42. The van der Waals surface area contributed by atoms with E-state index in [2.05, 4.69) is 0 Å². The van der Waals surface area contributed by atoms with Crippen molar-refractivity contribution in [3.63, 3.8) is 0 Å². The number of piperidine rings is 1. The number of carboxylic acids is 1. The molecule has 1 unspecified atom stereocenters. The number of likely N-dealkylation sites (tertiary alicyclic amines) is 1. The zero-order chi connectivity index (χ0) is 15.4. The smallest absolute Gasteiger partial charge is 0.324 e. The molecule has 0 aliphatic carbocycles. The second-order valence-corrected chi connectivity index (χ2v) is 5.26. The van der Waals surface area contributed by atoms with E-state index < -0.39 is 11.8 Å². The number of hydrogen-bond donors (Lipinski definition) is 1. The van der Waals surface area contributed by atoms with E-state index in [1.54, 1.807) is 24.1 Å². The van der Waals surface area contributed by atoms with Crippen LogP contribution in [0.2, 0.25) is 0 Å². The molecule has 1 aliphatic heterocycles. The van der Waals surface area contributed by atoms with Crippen LogP contribution in [0.5, 0.6) is 0 Å². The maximum Gasteiger partial charge on any atom is 0.324 e. The zero-order valence-electron chi connectivity index (χ0n) is 12.0. The van der Waals surface area contributed by atoms with Crippen LogP contribution in [-0.2, 0) is 4.79 Å². The quantitative estimate of drug-likeness (QED) is 0.932. The van der Waals surface area contributed by atoms with E-state index in [-0.39, 0.29) is 18.5 Å². The number of benzene rings is 1. The van der Waals surface area contributed by atoms with Gasteiger partial charge in [-0.05, 0) is 37.5 Å². The summed E-state index contributed by atoms with van der Waals surface area (Å²) in [4.78, 5) is 26.4. The van der Waals surface area contributed by atoms with Crippen molar-refractivity contribution in [3.05, 3.63) is 30.1 Å². The lowest BCUT2D eigenvalue weighted by atomic mass is 10.00. The number of anilines is 1. The molecule has 114 valence electrons. The van der Waals surface area contributed by atoms with Crippen LogP contribution in [0, 0.1) is 5.82 Å². The van der Waals surface area contributed by atoms with Gasteiger partial charge in [-0.25, -0.2) is 9.18 Å². The number of carbonyl (C=O) groups is 2. The van der Waals surface area contributed by atoms with Crippen molar-refractivity contribution < 1.29 is 19.1 Å². The molecule has 1 heterocycles. The van der Waals surface area contributed by atoms with Gasteiger partial charge in [0, 0.05) is 25.3 Å². The van der Waals surface area contributed by atoms with E-state index in [4.69, 9.17) is 5.11 Å². The highest BCUT2D eigenvalue weighted by atomic mass is 19.1. The highest BCUT2D eigenvalue weighted by Crippen LogP contribution is 2.23. The van der Waals surface area contributed by atoms with Gasteiger partial charge in [-0.3, -0.25) is 9.69 Å². The summed E-state index contributed by atoms with van der Waals surface area (Å²) in [5, 5.41) is 8.96. The Bertz CT molecular complexity index is 535. The standard InChI is InChI=1S/C15H19FN2O3/c1-17(12-7-4-5-11(16)9-12)15(21)18-8-3-2-6-13(18)10-14(19)20/h4-5,7,9,13H,2-3,6,8,10H2,1H3,(H,19,20). The maximum absolute atomic E-state index is 13.3. The SMILES string of the molecule is CN(C(=O)N1CCCCC1CC(=O)O)c1cccc(F)c1. The minimum atomic E-state index is -0.909. The topological polar surface area (TPSA) is 60.9 Å². The fourth-order valence-electron chi connectivity index (χ4n) is 2.65. The summed E-state index contributed by atoms with van der Waals surface area (Å²) in [5.74, 6) is -1.32. The summed E-state index contributed by atoms with van der Waals surface area (Å²) in [6.45, 7) is 0.538. The lowest BCUT2D eigenvalue weighted by Crippen LogP contribution is -2.50. The maximum atomic E-state index is 13.3. The van der Waals surface area contributed by atoms with Crippen LogP contribution in [0.1, 0.15) is 25.7 Å². The van der Waals surface area contributed by atoms with E-state index in [0.717, 1.165) is 12.8 Å². The van der Waals surface area contributed by atoms with Crippen molar-refractivity contribution in [1.29, 1.82) is 0 Å². The Kier molecular flexibility index (Phi) is 4.77. The van der Waals surface area contributed by atoms with E-state index in [0.29, 0.717) is 18.7 Å². The Balaban J connectivity index is 2.14. The normalized spacial score (nSPS) is 18.4. The number of hydrogen-bond acceptors (Lipinski definition) is 2. The molecule has 5 nitrogen and oxygen atoms in total. The number of carboxylic acid groups (broad SMARTS) is 1. The van der Waals surface area contributed by atoms with E-state index in [1.807, 2.05) is 0 Å². The summed E-state index contributed by atoms with van der Waals surface area (Å²) >= 11 is 0. The second-order valence-electron chi connectivity index (χ2n) is 5.26. The van der Waals surface area contributed by atoms with Crippen LogP contribution in [-0.4, -0.2) is 41.6 Å². The predicted molar refractivity (Wildman–Crippen MR) is 76.8 cm³/mol. The van der Waals surface area contributed by atoms with Crippen LogP contribution < -0.4 is 4.90 Å². The summed E-state index contributed by atoms with van der Waals surface area (Å²) in [7, 11) is 1.57. The highest BCUT2D eigenvalue weighted by Gasteiger charge is 2.30. The second kappa shape index (κ2) is 6.56. The van der Waals surface area contributed by atoms with Crippen molar-refractivity contribution in [2.45, 2.75) is 31.7 Å². The van der Waals surface area contributed by atoms with Gasteiger partial charge in [0.2, 0.25) is 0 Å². The lowest BCUT2D eigenvalue weighted by Gasteiger charge is -2.37. The van der Waals surface area contributed by atoms with Crippen molar-refractivity contribution in [2.75, 3.05) is 18.5 Å². The van der Waals surface area contributed by atoms with E-state index >= 15 is 0 Å². The number of halogens is 1. The molecular weight excluding hydrogens is 275 g/mol. The molecule has 1 aromatic rings. The number of rotatable bonds is 3. The molecule has 0 aromatic heterocycles. The van der Waals surface area contributed by atoms with Gasteiger partial charge >= 0.3 is 12.0 Å². The Morgan fingerprint density at radius 3 is 2.86 bits per heavy atom. The molecule has 1 saturated heterocycles. The van der Waals surface area contributed by atoms with Gasteiger partial charge in [0.05, 0.1) is 6.42 Å². The first-order valence-electron chi connectivity index (χ1n) is 7.00. The Morgan fingerprint density at radius 2 is 2.19 bits per heavy atom. The molecule has 1 atom stereocenters. The third-order valence-electron chi connectivity index (χ3n) is 3.77. The molecular formula is C15H19FN2O3. The first-order chi connectivity index (χ1) is 9.99. The van der Waals surface area contributed by atoms with Gasteiger partial charge in [0.1, 0.15) is 5.82 Å². The number of carbonyl (C=O) groups excluding carboxylic acids is 1. The molecule has 0 bridgehead atoms. The van der Waals surface area contributed by atoms with Gasteiger partial charge in [-0.2, -0.15) is 0 Å². The Hall–Kier alpha value is -2.11. The van der Waals surface area contributed by atoms with Gasteiger partial charge in [-0.15, -0.1) is 0 Å². The fraction of sp³-hybridized carbons (Fsp3) is 0.467. The van der Waals surface area contributed by atoms with Gasteiger partial charge < -0.3 is 10.0 Å². The van der Waals surface area contributed by atoms with Gasteiger partial charge in [-0.1, -0.05) is 6.07 Å². The average Bonchev–Trinajstić information content (AvgIpc) is 2.46. The Morgan fingerprint density at radius 1 is 1.43 bits per heavy atom. The predicted octanol–water partition coefficient (Wildman–Crippen LogP) is 2.71. The van der Waals surface area contributed by atoms with Crippen molar-refractivity contribution in [3.8, 4) is 0 Å². The summed E-state index contributed by atoms with van der Waals surface area (Å²) in [5.41, 5.74) is 0.458. The third-order valence-corrected chi connectivity index (χ3v) is 3.77. The first-order valence-corrected chi connectivity index (χ1v) is 7.00. The van der Waals surface area contributed by atoms with Gasteiger partial charge in [0.25, 0.3) is 0 Å². The van der Waals surface area contributed by atoms with Crippen LogP contribution in [0.15, 0.2) is 24.3 Å². The highest BCUT2D eigenvalue weighted by molar-refractivity contribution is 5.92. The Labute approximate surface area is 123 Å². The minimum absolute atomic E-state index is 0.0528. The van der Waals surface area contributed by atoms with Crippen LogP contribution in [0.25, 0.3) is 0 Å². The molecule has 1 aromatic carbocycles. The molecule has 0 spiro atoms. The van der Waals surface area contributed by atoms with Crippen molar-refractivity contribution in [2.24, 2.45) is 0 Å². The number of nitrogens with zero attached hydrogens (tertiary/aromatic N) is 2. The molecule has 21 heavy (non-hydrogen) atoms. The zero-order valence-corrected chi connectivity index (χ0v) is 12.0. The molecule has 1 N–H and O–H groups in total. The minimum Gasteiger partial charge on any atom is -0.481 e. The van der Waals surface area contributed by atoms with Crippen LogP contribution in [0.4, 0.5) is 14.9 Å². The largest absolute Gasteiger partial charge is 0.481 e. The van der Waals surface area contributed by atoms with E-state index in [9.17, 15) is 14.0 Å². The third kappa shape index (κ3) is 3.71. The molecule has 1 fully saturated rings. The molecule has 6 heteroatoms. The number of amides is 2. The fourth-order valence-corrected chi connectivity index (χ4v) is 2.65. The van der Waals surface area contributed by atoms with Gasteiger partial charge in [0.15, 0.2) is 0 Å². The molecule has 0 saturated carbocycles. The van der Waals surface area contributed by atoms with Crippen LogP contribution >= 0.6 is 0 Å². The van der Waals surface area contributed by atoms with Crippen molar-refractivity contribution >= 4 is 17.7 Å². The number of aliphatic carboxylic acids is 1. The number of urea groups is 1. The molecule has 1 aliphatic rings. The van der Waals surface area contributed by atoms with E-state index in [1.165, 1.54) is 17.0 Å².